The first-order valence-electron chi connectivity index (χ1n) is 8.44. The molecular weight excluding hydrogens is 338 g/mol. The first-order valence-corrected chi connectivity index (χ1v) is 8.44. The Morgan fingerprint density at radius 1 is 0.885 bits per heavy atom. The molecule has 0 aliphatic carbocycles. The zero-order valence-corrected chi connectivity index (χ0v) is 14.1. The van der Waals surface area contributed by atoms with Crippen molar-refractivity contribution in [2.75, 3.05) is 31.1 Å². The van der Waals surface area contributed by atoms with Gasteiger partial charge in [0.05, 0.1) is 5.69 Å². The van der Waals surface area contributed by atoms with Crippen LogP contribution in [0.4, 0.5) is 14.5 Å². The fourth-order valence-corrected chi connectivity index (χ4v) is 3.03. The molecule has 0 spiro atoms. The zero-order valence-electron chi connectivity index (χ0n) is 14.1. The number of tetrazole rings is 1. The van der Waals surface area contributed by atoms with Crippen LogP contribution < -0.4 is 4.90 Å². The van der Waals surface area contributed by atoms with E-state index in [1.54, 1.807) is 24.3 Å². The van der Waals surface area contributed by atoms with Gasteiger partial charge in [-0.1, -0.05) is 12.1 Å². The molecule has 1 fully saturated rings. The molecular formula is C18H18F2N6. The number of aromatic nitrogens is 4. The maximum atomic E-state index is 13.9. The van der Waals surface area contributed by atoms with Crippen molar-refractivity contribution in [3.05, 3.63) is 60.2 Å². The van der Waals surface area contributed by atoms with Gasteiger partial charge in [-0.3, -0.25) is 4.90 Å². The van der Waals surface area contributed by atoms with Gasteiger partial charge in [-0.05, 0) is 41.6 Å². The molecule has 0 saturated carbocycles. The first kappa shape index (κ1) is 16.6. The predicted octanol–water partition coefficient (Wildman–Crippen LogP) is 2.40. The standard InChI is InChI=1S/C18H18F2N6/c19-15-7-5-14(6-8-15)18-21-23-26(22-18)13-24-9-11-25(12-10-24)17-4-2-1-3-16(17)20/h1-8H,9-13H2. The quantitative estimate of drug-likeness (QED) is 0.719. The SMILES string of the molecule is Fc1ccc(-c2nnn(CN3CCN(c4ccccc4F)CC3)n2)cc1. The second-order valence-corrected chi connectivity index (χ2v) is 6.19. The van der Waals surface area contributed by atoms with E-state index >= 15 is 0 Å². The third kappa shape index (κ3) is 3.55. The lowest BCUT2D eigenvalue weighted by Crippen LogP contribution is -2.47. The van der Waals surface area contributed by atoms with E-state index < -0.39 is 0 Å². The summed E-state index contributed by atoms with van der Waals surface area (Å²) in [6.45, 7) is 3.55. The summed E-state index contributed by atoms with van der Waals surface area (Å²) in [4.78, 5) is 5.76. The molecule has 0 radical (unpaired) electrons. The highest BCUT2D eigenvalue weighted by molar-refractivity contribution is 5.53. The van der Waals surface area contributed by atoms with Crippen LogP contribution in [0.2, 0.25) is 0 Å². The van der Waals surface area contributed by atoms with Gasteiger partial charge in [0.15, 0.2) is 0 Å². The van der Waals surface area contributed by atoms with E-state index in [0.29, 0.717) is 18.2 Å². The summed E-state index contributed by atoms with van der Waals surface area (Å²) in [7, 11) is 0. The van der Waals surface area contributed by atoms with Crippen LogP contribution in [-0.4, -0.2) is 51.3 Å². The minimum absolute atomic E-state index is 0.192. The Bertz CT molecular complexity index is 871. The van der Waals surface area contributed by atoms with Gasteiger partial charge in [-0.15, -0.1) is 15.0 Å². The van der Waals surface area contributed by atoms with Crippen molar-refractivity contribution in [2.45, 2.75) is 6.67 Å². The van der Waals surface area contributed by atoms with Crippen molar-refractivity contribution in [3.63, 3.8) is 0 Å². The van der Waals surface area contributed by atoms with Crippen molar-refractivity contribution >= 4 is 5.69 Å². The molecule has 4 rings (SSSR count). The van der Waals surface area contributed by atoms with Gasteiger partial charge in [-0.2, -0.15) is 0 Å². The van der Waals surface area contributed by atoms with Gasteiger partial charge in [0.1, 0.15) is 18.3 Å². The van der Waals surface area contributed by atoms with Crippen molar-refractivity contribution in [1.82, 2.24) is 25.1 Å². The second-order valence-electron chi connectivity index (χ2n) is 6.19. The highest BCUT2D eigenvalue weighted by atomic mass is 19.1. The van der Waals surface area contributed by atoms with Crippen LogP contribution in [-0.2, 0) is 6.67 Å². The number of hydrogen-bond donors (Lipinski definition) is 0. The van der Waals surface area contributed by atoms with Gasteiger partial charge in [0.25, 0.3) is 0 Å². The maximum Gasteiger partial charge on any atom is 0.204 e. The van der Waals surface area contributed by atoms with Gasteiger partial charge in [-0.25, -0.2) is 8.78 Å². The van der Waals surface area contributed by atoms with E-state index in [0.717, 1.165) is 31.7 Å². The van der Waals surface area contributed by atoms with Crippen LogP contribution in [0.3, 0.4) is 0 Å². The van der Waals surface area contributed by atoms with Crippen molar-refractivity contribution in [2.24, 2.45) is 0 Å². The number of benzene rings is 2. The molecule has 2 heterocycles. The van der Waals surface area contributed by atoms with Gasteiger partial charge in [0, 0.05) is 31.7 Å². The van der Waals surface area contributed by atoms with E-state index in [1.165, 1.54) is 23.0 Å². The highest BCUT2D eigenvalue weighted by Gasteiger charge is 2.20. The minimum atomic E-state index is -0.297. The van der Waals surface area contributed by atoms with Crippen LogP contribution in [0.15, 0.2) is 48.5 Å². The van der Waals surface area contributed by atoms with Gasteiger partial charge in [0.2, 0.25) is 5.82 Å². The largest absolute Gasteiger partial charge is 0.367 e. The molecule has 1 aromatic heterocycles. The van der Waals surface area contributed by atoms with E-state index in [9.17, 15) is 8.78 Å². The van der Waals surface area contributed by atoms with E-state index in [-0.39, 0.29) is 11.6 Å². The van der Waals surface area contributed by atoms with E-state index in [2.05, 4.69) is 20.3 Å². The highest BCUT2D eigenvalue weighted by Crippen LogP contribution is 2.20. The summed E-state index contributed by atoms with van der Waals surface area (Å²) >= 11 is 0. The van der Waals surface area contributed by atoms with Crippen molar-refractivity contribution in [3.8, 4) is 11.4 Å². The lowest BCUT2D eigenvalue weighted by Gasteiger charge is -2.35. The molecule has 0 N–H and O–H groups in total. The van der Waals surface area contributed by atoms with Crippen LogP contribution in [0.25, 0.3) is 11.4 Å². The average molecular weight is 356 g/mol. The Balaban J connectivity index is 1.36. The fraction of sp³-hybridized carbons (Fsp3) is 0.278. The normalized spacial score (nSPS) is 15.4. The number of anilines is 1. The predicted molar refractivity (Wildman–Crippen MR) is 93.4 cm³/mol. The lowest BCUT2D eigenvalue weighted by atomic mass is 10.2. The number of rotatable bonds is 4. The molecule has 26 heavy (non-hydrogen) atoms. The zero-order chi connectivity index (χ0) is 17.9. The number of para-hydroxylation sites is 1. The lowest BCUT2D eigenvalue weighted by molar-refractivity contribution is 0.182. The number of hydrogen-bond acceptors (Lipinski definition) is 5. The molecule has 1 aliphatic rings. The van der Waals surface area contributed by atoms with Crippen LogP contribution in [0.1, 0.15) is 0 Å². The summed E-state index contributed by atoms with van der Waals surface area (Å²) in [5.74, 6) is -0.0216. The van der Waals surface area contributed by atoms with Crippen molar-refractivity contribution in [1.29, 1.82) is 0 Å². The Kier molecular flexibility index (Phi) is 4.57. The Hall–Kier alpha value is -2.87. The molecule has 6 nitrogen and oxygen atoms in total. The number of piperazine rings is 1. The Morgan fingerprint density at radius 3 is 2.35 bits per heavy atom. The molecule has 2 aromatic carbocycles. The van der Waals surface area contributed by atoms with Crippen LogP contribution >= 0.6 is 0 Å². The smallest absolute Gasteiger partial charge is 0.204 e. The minimum Gasteiger partial charge on any atom is -0.367 e. The average Bonchev–Trinajstić information content (AvgIpc) is 3.12. The topological polar surface area (TPSA) is 50.1 Å². The monoisotopic (exact) mass is 356 g/mol. The summed E-state index contributed by atoms with van der Waals surface area (Å²) in [6, 6.07) is 12.8. The summed E-state index contributed by atoms with van der Waals surface area (Å²) < 4.78 is 26.9. The van der Waals surface area contributed by atoms with Gasteiger partial charge >= 0.3 is 0 Å². The number of nitrogens with zero attached hydrogens (tertiary/aromatic N) is 6. The fourth-order valence-electron chi connectivity index (χ4n) is 3.03. The van der Waals surface area contributed by atoms with E-state index in [1.807, 2.05) is 11.0 Å². The molecule has 1 saturated heterocycles. The maximum absolute atomic E-state index is 13.9. The molecule has 0 amide bonds. The molecule has 8 heteroatoms. The Labute approximate surface area is 149 Å². The first-order chi connectivity index (χ1) is 12.7. The van der Waals surface area contributed by atoms with Crippen LogP contribution in [0, 0.1) is 11.6 Å². The van der Waals surface area contributed by atoms with E-state index in [4.69, 9.17) is 0 Å². The second kappa shape index (κ2) is 7.17. The molecule has 1 aliphatic heterocycles. The number of halogens is 2. The third-order valence-corrected chi connectivity index (χ3v) is 4.45. The molecule has 3 aromatic rings. The molecule has 0 unspecified atom stereocenters. The van der Waals surface area contributed by atoms with Crippen LogP contribution in [0.5, 0.6) is 0 Å². The summed E-state index contributed by atoms with van der Waals surface area (Å²) in [5.41, 5.74) is 1.37. The third-order valence-electron chi connectivity index (χ3n) is 4.45. The Morgan fingerprint density at radius 2 is 1.62 bits per heavy atom. The van der Waals surface area contributed by atoms with Crippen molar-refractivity contribution < 1.29 is 8.78 Å². The molecule has 0 atom stereocenters. The molecule has 134 valence electrons. The molecule has 0 bridgehead atoms. The summed E-state index contributed by atoms with van der Waals surface area (Å²) in [5, 5.41) is 12.4. The summed E-state index contributed by atoms with van der Waals surface area (Å²) in [6.07, 6.45) is 0. The van der Waals surface area contributed by atoms with Gasteiger partial charge < -0.3 is 4.90 Å².